The molecule has 1 aromatic carbocycles. The van der Waals surface area contributed by atoms with E-state index in [9.17, 15) is 9.59 Å². The quantitative estimate of drug-likeness (QED) is 0.771. The molecule has 0 radical (unpaired) electrons. The number of hydroxylamine groups is 2. The lowest BCUT2D eigenvalue weighted by molar-refractivity contribution is -0.205. The summed E-state index contributed by atoms with van der Waals surface area (Å²) in [4.78, 5) is 29.9. The maximum absolute atomic E-state index is 12.6. The summed E-state index contributed by atoms with van der Waals surface area (Å²) < 4.78 is 5.11. The van der Waals surface area contributed by atoms with Crippen LogP contribution in [0.2, 0.25) is 5.02 Å². The molecule has 0 unspecified atom stereocenters. The number of carbonyl (C=O) groups excluding carboxylic acids is 2. The lowest BCUT2D eigenvalue weighted by Gasteiger charge is -2.31. The van der Waals surface area contributed by atoms with Gasteiger partial charge in [-0.1, -0.05) is 11.6 Å². The number of halogens is 1. The number of ether oxygens (including phenoxy) is 1. The molecule has 1 heterocycles. The largest absolute Gasteiger partial charge is 0.495 e. The first-order chi connectivity index (χ1) is 11.2. The molecule has 0 N–H and O–H groups in total. The van der Waals surface area contributed by atoms with Gasteiger partial charge in [-0.25, -0.2) is 4.79 Å². The highest BCUT2D eigenvalue weighted by atomic mass is 35.5. The molecule has 0 aromatic heterocycles. The molecule has 1 aliphatic rings. The van der Waals surface area contributed by atoms with Crippen molar-refractivity contribution >= 4 is 23.4 Å². The molecule has 132 valence electrons. The zero-order valence-corrected chi connectivity index (χ0v) is 15.4. The Bertz CT molecular complexity index is 616. The van der Waals surface area contributed by atoms with Gasteiger partial charge in [0.2, 0.25) is 0 Å². The lowest BCUT2D eigenvalue weighted by atomic mass is 9.89. The van der Waals surface area contributed by atoms with Gasteiger partial charge >= 0.3 is 5.97 Å². The van der Waals surface area contributed by atoms with Crippen molar-refractivity contribution in [3.63, 3.8) is 0 Å². The Hall–Kier alpha value is -1.59. The van der Waals surface area contributed by atoms with Crippen LogP contribution in [0.3, 0.4) is 0 Å². The van der Waals surface area contributed by atoms with E-state index in [2.05, 4.69) is 0 Å². The van der Waals surface area contributed by atoms with E-state index in [0.717, 1.165) is 0 Å². The molecule has 0 bridgehead atoms. The van der Waals surface area contributed by atoms with Crippen molar-refractivity contribution in [2.24, 2.45) is 11.3 Å². The van der Waals surface area contributed by atoms with Crippen molar-refractivity contribution in [3.05, 3.63) is 28.8 Å². The van der Waals surface area contributed by atoms with Gasteiger partial charge in [0.15, 0.2) is 5.78 Å². The minimum absolute atomic E-state index is 0.0707. The number of ketones is 1. The van der Waals surface area contributed by atoms with Crippen LogP contribution in [0.5, 0.6) is 5.75 Å². The van der Waals surface area contributed by atoms with Crippen molar-refractivity contribution in [1.29, 1.82) is 0 Å². The van der Waals surface area contributed by atoms with Crippen molar-refractivity contribution in [3.8, 4) is 5.75 Å². The van der Waals surface area contributed by atoms with E-state index in [4.69, 9.17) is 21.2 Å². The average molecular weight is 354 g/mol. The van der Waals surface area contributed by atoms with E-state index in [1.54, 1.807) is 23.3 Å². The molecule has 0 saturated carbocycles. The highest BCUT2D eigenvalue weighted by molar-refractivity contribution is 6.32. The molecule has 6 heteroatoms. The molecular formula is C18H24ClNO4. The third-order valence-corrected chi connectivity index (χ3v) is 4.38. The molecule has 0 atom stereocenters. The fourth-order valence-electron chi connectivity index (χ4n) is 2.52. The number of Topliss-reactive ketones (excluding diaryl/α,β-unsaturated/α-hetero) is 1. The number of benzene rings is 1. The lowest BCUT2D eigenvalue weighted by Crippen LogP contribution is -2.40. The Morgan fingerprint density at radius 2 is 1.83 bits per heavy atom. The number of hydrogen-bond acceptors (Lipinski definition) is 5. The van der Waals surface area contributed by atoms with Gasteiger partial charge in [-0.15, -0.1) is 5.06 Å². The SMILES string of the molecule is COc1ccc(C(=O)C2CCN(OC(=O)C(C)(C)C)CC2)cc1Cl. The van der Waals surface area contributed by atoms with Gasteiger partial charge in [0, 0.05) is 24.6 Å². The smallest absolute Gasteiger partial charge is 0.330 e. The zero-order valence-electron chi connectivity index (χ0n) is 14.6. The van der Waals surface area contributed by atoms with Crippen LogP contribution in [0.1, 0.15) is 44.0 Å². The monoisotopic (exact) mass is 353 g/mol. The van der Waals surface area contributed by atoms with Crippen LogP contribution in [0.25, 0.3) is 0 Å². The normalized spacial score (nSPS) is 16.7. The molecule has 0 spiro atoms. The van der Waals surface area contributed by atoms with Crippen molar-refractivity contribution < 1.29 is 19.2 Å². The van der Waals surface area contributed by atoms with Crippen molar-refractivity contribution in [2.45, 2.75) is 33.6 Å². The Morgan fingerprint density at radius 1 is 1.21 bits per heavy atom. The maximum atomic E-state index is 12.6. The summed E-state index contributed by atoms with van der Waals surface area (Å²) in [6, 6.07) is 5.09. The van der Waals surface area contributed by atoms with Crippen LogP contribution in [0.15, 0.2) is 18.2 Å². The molecule has 0 aliphatic carbocycles. The highest BCUT2D eigenvalue weighted by Crippen LogP contribution is 2.28. The second-order valence-corrected chi connectivity index (χ2v) is 7.45. The second kappa shape index (κ2) is 7.53. The van der Waals surface area contributed by atoms with E-state index in [-0.39, 0.29) is 17.7 Å². The minimum atomic E-state index is -0.535. The Morgan fingerprint density at radius 3 is 2.33 bits per heavy atom. The summed E-state index contributed by atoms with van der Waals surface area (Å²) in [6.07, 6.45) is 1.31. The number of nitrogens with zero attached hydrogens (tertiary/aromatic N) is 1. The third-order valence-electron chi connectivity index (χ3n) is 4.09. The molecule has 5 nitrogen and oxygen atoms in total. The molecule has 24 heavy (non-hydrogen) atoms. The summed E-state index contributed by atoms with van der Waals surface area (Å²) in [6.45, 7) is 6.57. The van der Waals surface area contributed by atoms with E-state index in [1.165, 1.54) is 7.11 Å². The Kier molecular flexibility index (Phi) is 5.88. The first-order valence-corrected chi connectivity index (χ1v) is 8.45. The van der Waals surface area contributed by atoms with Crippen LogP contribution < -0.4 is 4.74 Å². The van der Waals surface area contributed by atoms with Crippen LogP contribution in [-0.4, -0.2) is 37.0 Å². The topological polar surface area (TPSA) is 55.8 Å². The summed E-state index contributed by atoms with van der Waals surface area (Å²) in [7, 11) is 1.54. The molecule has 0 amide bonds. The van der Waals surface area contributed by atoms with Gasteiger partial charge in [-0.05, 0) is 51.8 Å². The Balaban J connectivity index is 1.93. The fraction of sp³-hybridized carbons (Fsp3) is 0.556. The van der Waals surface area contributed by atoms with Gasteiger partial charge in [0.05, 0.1) is 17.5 Å². The van der Waals surface area contributed by atoms with E-state index in [0.29, 0.717) is 42.3 Å². The van der Waals surface area contributed by atoms with Gasteiger partial charge < -0.3 is 9.57 Å². The molecule has 2 rings (SSSR count). The first kappa shape index (κ1) is 18.7. The number of methoxy groups -OCH3 is 1. The summed E-state index contributed by atoms with van der Waals surface area (Å²) >= 11 is 6.09. The third kappa shape index (κ3) is 4.48. The molecule has 1 aromatic rings. The van der Waals surface area contributed by atoms with Crippen molar-refractivity contribution in [2.75, 3.05) is 20.2 Å². The number of carbonyl (C=O) groups is 2. The van der Waals surface area contributed by atoms with Crippen LogP contribution >= 0.6 is 11.6 Å². The molecule has 1 aliphatic heterocycles. The fourth-order valence-corrected chi connectivity index (χ4v) is 2.78. The predicted molar refractivity (Wildman–Crippen MR) is 92.2 cm³/mol. The van der Waals surface area contributed by atoms with Gasteiger partial charge in [0.1, 0.15) is 5.75 Å². The van der Waals surface area contributed by atoms with E-state index in [1.807, 2.05) is 20.8 Å². The highest BCUT2D eigenvalue weighted by Gasteiger charge is 2.31. The summed E-state index contributed by atoms with van der Waals surface area (Å²) in [5, 5.41) is 2.08. The van der Waals surface area contributed by atoms with Gasteiger partial charge in [-0.3, -0.25) is 4.79 Å². The van der Waals surface area contributed by atoms with E-state index < -0.39 is 5.41 Å². The molecule has 1 fully saturated rings. The van der Waals surface area contributed by atoms with Gasteiger partial charge in [-0.2, -0.15) is 0 Å². The van der Waals surface area contributed by atoms with Crippen LogP contribution in [0.4, 0.5) is 0 Å². The molecular weight excluding hydrogens is 330 g/mol. The predicted octanol–water partition coefficient (Wildman–Crippen LogP) is 3.75. The van der Waals surface area contributed by atoms with Crippen LogP contribution in [0, 0.1) is 11.3 Å². The van der Waals surface area contributed by atoms with E-state index >= 15 is 0 Å². The standard InChI is InChI=1S/C18H24ClNO4/c1-18(2,3)17(22)24-20-9-7-12(8-10-20)16(21)13-5-6-15(23-4)14(19)11-13/h5-6,11-12H,7-10H2,1-4H3. The molecule has 1 saturated heterocycles. The average Bonchev–Trinajstić information content (AvgIpc) is 2.54. The second-order valence-electron chi connectivity index (χ2n) is 7.05. The maximum Gasteiger partial charge on any atom is 0.330 e. The first-order valence-electron chi connectivity index (χ1n) is 8.07. The van der Waals surface area contributed by atoms with Gasteiger partial charge in [0.25, 0.3) is 0 Å². The number of piperidine rings is 1. The number of hydrogen-bond donors (Lipinski definition) is 0. The minimum Gasteiger partial charge on any atom is -0.495 e. The summed E-state index contributed by atoms with van der Waals surface area (Å²) in [5.74, 6) is 0.284. The number of rotatable bonds is 4. The van der Waals surface area contributed by atoms with Crippen LogP contribution in [-0.2, 0) is 9.63 Å². The van der Waals surface area contributed by atoms with Crippen molar-refractivity contribution in [1.82, 2.24) is 5.06 Å². The summed E-state index contributed by atoms with van der Waals surface area (Å²) in [5.41, 5.74) is 0.0536. The zero-order chi connectivity index (χ0) is 17.9. The Labute approximate surface area is 147 Å².